The second-order valence-corrected chi connectivity index (χ2v) is 4.97. The number of unbranched alkanes of at least 4 members (excludes halogenated alkanes) is 1. The summed E-state index contributed by atoms with van der Waals surface area (Å²) in [5.74, 6) is 1.44. The van der Waals surface area contributed by atoms with Gasteiger partial charge in [-0.15, -0.1) is 0 Å². The number of halogens is 1. The molecule has 0 radical (unpaired) electrons. The summed E-state index contributed by atoms with van der Waals surface area (Å²) in [7, 11) is 0. The number of hydrogen-bond acceptors (Lipinski definition) is 3. The summed E-state index contributed by atoms with van der Waals surface area (Å²) in [5, 5.41) is 0. The third-order valence-electron chi connectivity index (χ3n) is 3.25. The van der Waals surface area contributed by atoms with Gasteiger partial charge >= 0.3 is 0 Å². The van der Waals surface area contributed by atoms with Crippen LogP contribution in [0.4, 0.5) is 4.39 Å². The number of benzene rings is 1. The van der Waals surface area contributed by atoms with E-state index in [1.54, 1.807) is 18.5 Å². The Balaban J connectivity index is 1.80. The Kier molecular flexibility index (Phi) is 6.13. The molecule has 0 amide bonds. The minimum Gasteiger partial charge on any atom is -0.493 e. The van der Waals surface area contributed by atoms with Gasteiger partial charge in [0.15, 0.2) is 5.82 Å². The fraction of sp³-hybridized carbons (Fsp3) is 0.412. The summed E-state index contributed by atoms with van der Waals surface area (Å²) in [6.07, 6.45) is 5.71. The van der Waals surface area contributed by atoms with E-state index in [-0.39, 0.29) is 0 Å². The Morgan fingerprint density at radius 2 is 1.81 bits per heavy atom. The van der Waals surface area contributed by atoms with E-state index in [0.29, 0.717) is 25.3 Å². The van der Waals surface area contributed by atoms with Crippen molar-refractivity contribution in [2.45, 2.75) is 38.8 Å². The van der Waals surface area contributed by atoms with E-state index in [1.807, 2.05) is 24.3 Å². The van der Waals surface area contributed by atoms with Gasteiger partial charge in [0.1, 0.15) is 11.9 Å². The highest BCUT2D eigenvalue weighted by Gasteiger charge is 2.06. The van der Waals surface area contributed by atoms with E-state index in [2.05, 4.69) is 16.9 Å². The van der Waals surface area contributed by atoms with E-state index < -0.39 is 6.17 Å². The molecular formula is C17H21FN2O. The minimum atomic E-state index is -0.762. The van der Waals surface area contributed by atoms with Crippen LogP contribution >= 0.6 is 0 Å². The van der Waals surface area contributed by atoms with Crippen LogP contribution in [0.5, 0.6) is 5.75 Å². The summed E-state index contributed by atoms with van der Waals surface area (Å²) in [5.41, 5.74) is 0.939. The molecule has 0 spiro atoms. The molecule has 0 N–H and O–H groups in total. The summed E-state index contributed by atoms with van der Waals surface area (Å²) < 4.78 is 19.0. The van der Waals surface area contributed by atoms with Gasteiger partial charge in [-0.25, -0.2) is 14.4 Å². The average molecular weight is 288 g/mol. The average Bonchev–Trinajstić information content (AvgIpc) is 2.54. The smallest absolute Gasteiger partial charge is 0.159 e. The molecule has 1 heterocycles. The molecule has 0 aliphatic carbocycles. The normalized spacial score (nSPS) is 12.1. The Bertz CT molecular complexity index is 516. The Morgan fingerprint density at radius 3 is 2.48 bits per heavy atom. The lowest BCUT2D eigenvalue weighted by atomic mass is 10.1. The first-order valence-corrected chi connectivity index (χ1v) is 7.44. The Hall–Kier alpha value is -1.97. The van der Waals surface area contributed by atoms with Crippen LogP contribution < -0.4 is 4.74 Å². The molecular weight excluding hydrogens is 267 g/mol. The maximum Gasteiger partial charge on any atom is 0.159 e. The SMILES string of the molecule is CCCC[C@@H](F)CCOc1ccc(-c2ncccn2)cc1. The summed E-state index contributed by atoms with van der Waals surface area (Å²) >= 11 is 0. The maximum atomic E-state index is 13.5. The topological polar surface area (TPSA) is 35.0 Å². The predicted molar refractivity (Wildman–Crippen MR) is 82.0 cm³/mol. The molecule has 0 aliphatic heterocycles. The van der Waals surface area contributed by atoms with Gasteiger partial charge in [0.05, 0.1) is 6.61 Å². The fourth-order valence-electron chi connectivity index (χ4n) is 2.02. The number of rotatable bonds is 8. The third kappa shape index (κ3) is 5.14. The zero-order chi connectivity index (χ0) is 14.9. The van der Waals surface area contributed by atoms with Crippen molar-refractivity contribution in [3.8, 4) is 17.1 Å². The Labute approximate surface area is 125 Å². The van der Waals surface area contributed by atoms with Crippen LogP contribution in [-0.4, -0.2) is 22.7 Å². The highest BCUT2D eigenvalue weighted by atomic mass is 19.1. The number of ether oxygens (including phenoxy) is 1. The van der Waals surface area contributed by atoms with Crippen LogP contribution in [0.3, 0.4) is 0 Å². The zero-order valence-electron chi connectivity index (χ0n) is 12.3. The predicted octanol–water partition coefficient (Wildman–Crippen LogP) is 4.44. The van der Waals surface area contributed by atoms with E-state index in [1.165, 1.54) is 0 Å². The lowest BCUT2D eigenvalue weighted by Crippen LogP contribution is -2.07. The highest BCUT2D eigenvalue weighted by Crippen LogP contribution is 2.19. The molecule has 1 aromatic heterocycles. The Morgan fingerprint density at radius 1 is 1.10 bits per heavy atom. The van der Waals surface area contributed by atoms with Crippen LogP contribution in [0.15, 0.2) is 42.7 Å². The van der Waals surface area contributed by atoms with Crippen LogP contribution in [-0.2, 0) is 0 Å². The van der Waals surface area contributed by atoms with Gasteiger partial charge in [0.25, 0.3) is 0 Å². The number of nitrogens with zero attached hydrogens (tertiary/aromatic N) is 2. The zero-order valence-corrected chi connectivity index (χ0v) is 12.3. The largest absolute Gasteiger partial charge is 0.493 e. The molecule has 3 nitrogen and oxygen atoms in total. The van der Waals surface area contributed by atoms with Gasteiger partial charge in [0, 0.05) is 24.4 Å². The van der Waals surface area contributed by atoms with Crippen molar-refractivity contribution < 1.29 is 9.13 Å². The first kappa shape index (κ1) is 15.4. The molecule has 2 rings (SSSR count). The lowest BCUT2D eigenvalue weighted by molar-refractivity contribution is 0.223. The third-order valence-corrected chi connectivity index (χ3v) is 3.25. The van der Waals surface area contributed by atoms with E-state index in [4.69, 9.17) is 4.74 Å². The standard InChI is InChI=1S/C17H21FN2O/c1-2-3-5-15(18)10-13-21-16-8-6-14(7-9-16)17-19-11-4-12-20-17/h4,6-9,11-12,15H,2-3,5,10,13H2,1H3/t15-/m1/s1. The molecule has 0 unspecified atom stereocenters. The van der Waals surface area contributed by atoms with Crippen molar-refractivity contribution in [3.63, 3.8) is 0 Å². The molecule has 0 bridgehead atoms. The summed E-state index contributed by atoms with van der Waals surface area (Å²) in [6.45, 7) is 2.48. The molecule has 0 saturated carbocycles. The van der Waals surface area contributed by atoms with Crippen LogP contribution in [0.2, 0.25) is 0 Å². The van der Waals surface area contributed by atoms with Crippen LogP contribution in [0.1, 0.15) is 32.6 Å². The van der Waals surface area contributed by atoms with Crippen molar-refractivity contribution >= 4 is 0 Å². The van der Waals surface area contributed by atoms with Crippen molar-refractivity contribution in [1.29, 1.82) is 0 Å². The van der Waals surface area contributed by atoms with Crippen LogP contribution in [0, 0.1) is 0 Å². The quantitative estimate of drug-likeness (QED) is 0.720. The lowest BCUT2D eigenvalue weighted by Gasteiger charge is -2.09. The minimum absolute atomic E-state index is 0.409. The van der Waals surface area contributed by atoms with Crippen molar-refractivity contribution in [2.75, 3.05) is 6.61 Å². The molecule has 4 heteroatoms. The summed E-state index contributed by atoms with van der Waals surface area (Å²) in [4.78, 5) is 8.38. The molecule has 0 fully saturated rings. The first-order valence-electron chi connectivity index (χ1n) is 7.44. The molecule has 2 aromatic rings. The van der Waals surface area contributed by atoms with Gasteiger partial charge in [-0.05, 0) is 36.8 Å². The highest BCUT2D eigenvalue weighted by molar-refractivity contribution is 5.55. The van der Waals surface area contributed by atoms with E-state index in [9.17, 15) is 4.39 Å². The fourth-order valence-corrected chi connectivity index (χ4v) is 2.02. The van der Waals surface area contributed by atoms with Crippen molar-refractivity contribution in [1.82, 2.24) is 9.97 Å². The molecule has 0 aliphatic rings. The second kappa shape index (κ2) is 8.35. The van der Waals surface area contributed by atoms with Gasteiger partial charge in [-0.2, -0.15) is 0 Å². The van der Waals surface area contributed by atoms with Crippen LogP contribution in [0.25, 0.3) is 11.4 Å². The van der Waals surface area contributed by atoms with Crippen molar-refractivity contribution in [2.24, 2.45) is 0 Å². The maximum absolute atomic E-state index is 13.5. The molecule has 21 heavy (non-hydrogen) atoms. The van der Waals surface area contributed by atoms with Crippen molar-refractivity contribution in [3.05, 3.63) is 42.7 Å². The number of alkyl halides is 1. The molecule has 112 valence electrons. The van der Waals surface area contributed by atoms with Gasteiger partial charge in [0.2, 0.25) is 0 Å². The first-order chi connectivity index (χ1) is 10.3. The van der Waals surface area contributed by atoms with Gasteiger partial charge in [-0.3, -0.25) is 0 Å². The number of hydrogen-bond donors (Lipinski definition) is 0. The number of aromatic nitrogens is 2. The monoisotopic (exact) mass is 288 g/mol. The molecule has 1 aromatic carbocycles. The van der Waals surface area contributed by atoms with Gasteiger partial charge < -0.3 is 4.74 Å². The molecule has 1 atom stereocenters. The van der Waals surface area contributed by atoms with E-state index >= 15 is 0 Å². The summed E-state index contributed by atoms with van der Waals surface area (Å²) in [6, 6.07) is 9.34. The molecule has 0 saturated heterocycles. The second-order valence-electron chi connectivity index (χ2n) is 4.97. The van der Waals surface area contributed by atoms with Gasteiger partial charge in [-0.1, -0.05) is 19.8 Å². The van der Waals surface area contributed by atoms with E-state index in [0.717, 1.165) is 24.2 Å².